The van der Waals surface area contributed by atoms with E-state index in [9.17, 15) is 5.26 Å². The minimum atomic E-state index is 0.670. The standard InChI is InChI=1S/C37H22N2/c38-23-24-17-19-25(20-18-24)33-21-26-22-36(39-34-15-7-5-10-28(34)29-11-6-8-16-35(29)39)30-12-2-4-14-32(30)37(26)31-13-3-1-9-27(31)33/h1-22H. The summed E-state index contributed by atoms with van der Waals surface area (Å²) in [5, 5.41) is 19.2. The van der Waals surface area contributed by atoms with Gasteiger partial charge in [0, 0.05) is 16.2 Å². The highest BCUT2D eigenvalue weighted by Crippen LogP contribution is 2.42. The lowest BCUT2D eigenvalue weighted by Gasteiger charge is -2.17. The van der Waals surface area contributed by atoms with Gasteiger partial charge in [-0.3, -0.25) is 0 Å². The number of rotatable bonds is 2. The molecular formula is C37H22N2. The number of nitriles is 1. The van der Waals surface area contributed by atoms with Crippen molar-refractivity contribution in [3.63, 3.8) is 0 Å². The Kier molecular flexibility index (Phi) is 4.62. The fourth-order valence-electron chi connectivity index (χ4n) is 6.29. The van der Waals surface area contributed by atoms with Gasteiger partial charge >= 0.3 is 0 Å². The molecule has 0 aliphatic rings. The second-order valence-corrected chi connectivity index (χ2v) is 10.1. The Morgan fingerprint density at radius 1 is 0.487 bits per heavy atom. The molecule has 0 saturated carbocycles. The molecule has 0 aliphatic heterocycles. The first-order valence-electron chi connectivity index (χ1n) is 13.2. The average molecular weight is 495 g/mol. The zero-order chi connectivity index (χ0) is 25.9. The Labute approximate surface area is 225 Å². The minimum Gasteiger partial charge on any atom is -0.309 e. The monoisotopic (exact) mass is 494 g/mol. The molecule has 0 aliphatic carbocycles. The summed E-state index contributed by atoms with van der Waals surface area (Å²) in [6.07, 6.45) is 0. The van der Waals surface area contributed by atoms with Crippen molar-refractivity contribution in [2.75, 3.05) is 0 Å². The fraction of sp³-hybridized carbons (Fsp3) is 0. The number of hydrogen-bond donors (Lipinski definition) is 0. The van der Waals surface area contributed by atoms with Crippen LogP contribution in [0.5, 0.6) is 0 Å². The second-order valence-electron chi connectivity index (χ2n) is 10.1. The molecule has 8 aromatic rings. The van der Waals surface area contributed by atoms with Crippen LogP contribution in [0.15, 0.2) is 133 Å². The molecule has 2 heteroatoms. The molecule has 0 atom stereocenters. The van der Waals surface area contributed by atoms with Crippen LogP contribution in [-0.4, -0.2) is 4.57 Å². The second kappa shape index (κ2) is 8.31. The van der Waals surface area contributed by atoms with E-state index in [1.54, 1.807) is 0 Å². The number of hydrogen-bond acceptors (Lipinski definition) is 1. The average Bonchev–Trinajstić information content (AvgIpc) is 3.34. The SMILES string of the molecule is N#Cc1ccc(-c2cc3cc(-n4c5ccccc5c5ccccc54)c4ccccc4c3c3ccccc23)cc1. The lowest BCUT2D eigenvalue weighted by atomic mass is 9.90. The van der Waals surface area contributed by atoms with Gasteiger partial charge in [0.25, 0.3) is 0 Å². The molecule has 0 bridgehead atoms. The summed E-state index contributed by atoms with van der Waals surface area (Å²) in [5.41, 5.74) is 6.54. The summed E-state index contributed by atoms with van der Waals surface area (Å²) in [6, 6.07) is 49.6. The molecule has 1 aromatic heterocycles. The number of nitrogens with zero attached hydrogens (tertiary/aromatic N) is 2. The van der Waals surface area contributed by atoms with Crippen molar-refractivity contribution in [2.45, 2.75) is 0 Å². The first-order valence-corrected chi connectivity index (χ1v) is 13.2. The predicted octanol–water partition coefficient (Wildman–Crippen LogP) is 9.78. The molecular weight excluding hydrogens is 472 g/mol. The molecule has 8 rings (SSSR count). The Morgan fingerprint density at radius 3 is 1.62 bits per heavy atom. The van der Waals surface area contributed by atoms with Gasteiger partial charge in [0.1, 0.15) is 0 Å². The van der Waals surface area contributed by atoms with Crippen LogP contribution < -0.4 is 0 Å². The molecule has 7 aromatic carbocycles. The van der Waals surface area contributed by atoms with Crippen molar-refractivity contribution in [1.82, 2.24) is 4.57 Å². The number of fused-ring (bicyclic) bond motifs is 8. The van der Waals surface area contributed by atoms with Gasteiger partial charge in [-0.05, 0) is 74.5 Å². The third-order valence-corrected chi connectivity index (χ3v) is 7.99. The normalized spacial score (nSPS) is 11.6. The summed E-state index contributed by atoms with van der Waals surface area (Å²) >= 11 is 0. The van der Waals surface area contributed by atoms with Crippen LogP contribution in [-0.2, 0) is 0 Å². The molecule has 0 N–H and O–H groups in total. The molecule has 1 heterocycles. The summed E-state index contributed by atoms with van der Waals surface area (Å²) in [7, 11) is 0. The Hall–Kier alpha value is -5.39. The van der Waals surface area contributed by atoms with Crippen LogP contribution in [0.3, 0.4) is 0 Å². The van der Waals surface area contributed by atoms with Crippen LogP contribution in [0.25, 0.3) is 70.9 Å². The lowest BCUT2D eigenvalue weighted by molar-refractivity contribution is 1.20. The van der Waals surface area contributed by atoms with Gasteiger partial charge < -0.3 is 4.57 Å². The zero-order valence-corrected chi connectivity index (χ0v) is 21.1. The first kappa shape index (κ1) is 21.7. The van der Waals surface area contributed by atoms with Gasteiger partial charge in [0.2, 0.25) is 0 Å². The summed E-state index contributed by atoms with van der Waals surface area (Å²) in [6.45, 7) is 0. The summed E-state index contributed by atoms with van der Waals surface area (Å²) in [5.74, 6) is 0. The molecule has 180 valence electrons. The van der Waals surface area contributed by atoms with E-state index in [4.69, 9.17) is 0 Å². The van der Waals surface area contributed by atoms with Crippen LogP contribution in [0.2, 0.25) is 0 Å². The minimum absolute atomic E-state index is 0.670. The lowest BCUT2D eigenvalue weighted by Crippen LogP contribution is -1.97. The third kappa shape index (κ3) is 3.14. The van der Waals surface area contributed by atoms with Crippen LogP contribution in [0.4, 0.5) is 0 Å². The van der Waals surface area contributed by atoms with Gasteiger partial charge in [0.15, 0.2) is 0 Å². The smallest absolute Gasteiger partial charge is 0.0991 e. The molecule has 0 amide bonds. The fourth-order valence-corrected chi connectivity index (χ4v) is 6.29. The molecule has 0 unspecified atom stereocenters. The molecule has 0 radical (unpaired) electrons. The molecule has 0 saturated heterocycles. The largest absolute Gasteiger partial charge is 0.309 e. The van der Waals surface area contributed by atoms with Crippen molar-refractivity contribution in [3.05, 3.63) is 139 Å². The Balaban J connectivity index is 1.55. The van der Waals surface area contributed by atoms with E-state index in [-0.39, 0.29) is 0 Å². The van der Waals surface area contributed by atoms with Crippen molar-refractivity contribution in [3.8, 4) is 22.9 Å². The zero-order valence-electron chi connectivity index (χ0n) is 21.1. The van der Waals surface area contributed by atoms with Gasteiger partial charge in [-0.1, -0.05) is 97.1 Å². The van der Waals surface area contributed by atoms with Crippen molar-refractivity contribution in [2.24, 2.45) is 0 Å². The molecule has 39 heavy (non-hydrogen) atoms. The highest BCUT2D eigenvalue weighted by atomic mass is 15.0. The van der Waals surface area contributed by atoms with Gasteiger partial charge in [-0.15, -0.1) is 0 Å². The van der Waals surface area contributed by atoms with Crippen molar-refractivity contribution in [1.29, 1.82) is 5.26 Å². The van der Waals surface area contributed by atoms with Crippen LogP contribution in [0, 0.1) is 11.3 Å². The van der Waals surface area contributed by atoms with E-state index in [1.165, 1.54) is 65.4 Å². The first-order chi connectivity index (χ1) is 19.3. The maximum absolute atomic E-state index is 9.33. The maximum atomic E-state index is 9.33. The van der Waals surface area contributed by atoms with E-state index in [0.717, 1.165) is 5.56 Å². The van der Waals surface area contributed by atoms with E-state index in [0.29, 0.717) is 5.56 Å². The summed E-state index contributed by atoms with van der Waals surface area (Å²) < 4.78 is 2.42. The highest BCUT2D eigenvalue weighted by Gasteiger charge is 2.17. The molecule has 0 spiro atoms. The Bertz CT molecular complexity index is 2230. The van der Waals surface area contributed by atoms with E-state index < -0.39 is 0 Å². The van der Waals surface area contributed by atoms with E-state index >= 15 is 0 Å². The predicted molar refractivity (Wildman–Crippen MR) is 163 cm³/mol. The quantitative estimate of drug-likeness (QED) is 0.220. The van der Waals surface area contributed by atoms with Crippen molar-refractivity contribution >= 4 is 54.1 Å². The topological polar surface area (TPSA) is 28.7 Å². The van der Waals surface area contributed by atoms with E-state index in [1.807, 2.05) is 12.1 Å². The molecule has 2 nitrogen and oxygen atoms in total. The van der Waals surface area contributed by atoms with Gasteiger partial charge in [0.05, 0.1) is 28.4 Å². The Morgan fingerprint density at radius 2 is 1.00 bits per heavy atom. The summed E-state index contributed by atoms with van der Waals surface area (Å²) in [4.78, 5) is 0. The van der Waals surface area contributed by atoms with Gasteiger partial charge in [-0.25, -0.2) is 0 Å². The number of aromatic nitrogens is 1. The van der Waals surface area contributed by atoms with Crippen LogP contribution >= 0.6 is 0 Å². The molecule has 0 fully saturated rings. The number of para-hydroxylation sites is 2. The van der Waals surface area contributed by atoms with E-state index in [2.05, 4.69) is 132 Å². The number of benzene rings is 7. The maximum Gasteiger partial charge on any atom is 0.0991 e. The highest BCUT2D eigenvalue weighted by molar-refractivity contribution is 6.25. The third-order valence-electron chi connectivity index (χ3n) is 7.99. The van der Waals surface area contributed by atoms with Crippen molar-refractivity contribution < 1.29 is 0 Å². The van der Waals surface area contributed by atoms with Gasteiger partial charge in [-0.2, -0.15) is 5.26 Å². The van der Waals surface area contributed by atoms with Crippen LogP contribution in [0.1, 0.15) is 5.56 Å².